The molecule has 0 aliphatic heterocycles. The lowest BCUT2D eigenvalue weighted by molar-refractivity contribution is 0.252. The molecule has 1 N–H and O–H groups in total. The van der Waals surface area contributed by atoms with Crippen LogP contribution in [0.1, 0.15) is 18.5 Å². The molecule has 0 radical (unpaired) electrons. The largest absolute Gasteiger partial charge is 0.250 e. The highest BCUT2D eigenvalue weighted by atomic mass is 15.5. The van der Waals surface area contributed by atoms with Crippen molar-refractivity contribution in [1.82, 2.24) is 10.4 Å². The zero-order valence-corrected chi connectivity index (χ0v) is 7.91. The monoisotopic (exact) mass is 164 g/mol. The second-order valence-corrected chi connectivity index (χ2v) is 3.16. The van der Waals surface area contributed by atoms with Crippen molar-refractivity contribution >= 4 is 0 Å². The Morgan fingerprint density at radius 3 is 2.25 bits per heavy atom. The highest BCUT2D eigenvalue weighted by Gasteiger charge is 2.03. The van der Waals surface area contributed by atoms with Crippen LogP contribution in [0.5, 0.6) is 0 Å². The number of hydrazine groups is 1. The Kier molecular flexibility index (Phi) is 3.26. The van der Waals surface area contributed by atoms with E-state index in [2.05, 4.69) is 36.6 Å². The minimum Gasteiger partial charge on any atom is -0.250 e. The highest BCUT2D eigenvalue weighted by Crippen LogP contribution is 2.10. The molecule has 12 heavy (non-hydrogen) atoms. The smallest absolute Gasteiger partial charge is 0.0436 e. The molecule has 1 atom stereocenters. The van der Waals surface area contributed by atoms with Crippen molar-refractivity contribution in [2.45, 2.75) is 13.0 Å². The summed E-state index contributed by atoms with van der Waals surface area (Å²) in [5.41, 5.74) is 4.60. The Morgan fingerprint density at radius 1 is 1.17 bits per heavy atom. The van der Waals surface area contributed by atoms with Crippen molar-refractivity contribution in [3.8, 4) is 0 Å². The number of nitrogens with one attached hydrogen (secondary N) is 1. The van der Waals surface area contributed by atoms with Crippen molar-refractivity contribution in [3.05, 3.63) is 35.9 Å². The van der Waals surface area contributed by atoms with Gasteiger partial charge in [-0.25, -0.2) is 5.43 Å². The highest BCUT2D eigenvalue weighted by molar-refractivity contribution is 5.17. The summed E-state index contributed by atoms with van der Waals surface area (Å²) >= 11 is 0. The lowest BCUT2D eigenvalue weighted by Gasteiger charge is -2.19. The maximum absolute atomic E-state index is 3.29. The third kappa shape index (κ3) is 2.64. The summed E-state index contributed by atoms with van der Waals surface area (Å²) in [7, 11) is 4.00. The molecule has 0 amide bonds. The van der Waals surface area contributed by atoms with Gasteiger partial charge < -0.3 is 0 Å². The van der Waals surface area contributed by atoms with Crippen molar-refractivity contribution < 1.29 is 0 Å². The second kappa shape index (κ2) is 4.24. The van der Waals surface area contributed by atoms with Crippen LogP contribution in [0.2, 0.25) is 0 Å². The van der Waals surface area contributed by atoms with E-state index in [4.69, 9.17) is 0 Å². The first-order chi connectivity index (χ1) is 5.70. The summed E-state index contributed by atoms with van der Waals surface area (Å²) in [6.07, 6.45) is 0. The Morgan fingerprint density at radius 2 is 1.75 bits per heavy atom. The lowest BCUT2D eigenvalue weighted by Crippen LogP contribution is -2.32. The zero-order chi connectivity index (χ0) is 8.97. The molecule has 0 aromatic heterocycles. The number of hydrogen-bond donors (Lipinski definition) is 1. The molecular weight excluding hydrogens is 148 g/mol. The molecule has 0 heterocycles. The Bertz CT molecular complexity index is 219. The van der Waals surface area contributed by atoms with Crippen molar-refractivity contribution in [2.75, 3.05) is 14.1 Å². The van der Waals surface area contributed by atoms with Crippen LogP contribution in [0.25, 0.3) is 0 Å². The van der Waals surface area contributed by atoms with Gasteiger partial charge >= 0.3 is 0 Å². The van der Waals surface area contributed by atoms with Gasteiger partial charge in [-0.1, -0.05) is 30.3 Å². The van der Waals surface area contributed by atoms with Gasteiger partial charge in [-0.3, -0.25) is 5.01 Å². The summed E-state index contributed by atoms with van der Waals surface area (Å²) in [5.74, 6) is 0. The predicted molar refractivity (Wildman–Crippen MR) is 51.7 cm³/mol. The van der Waals surface area contributed by atoms with Gasteiger partial charge in [0.15, 0.2) is 0 Å². The summed E-state index contributed by atoms with van der Waals surface area (Å²) in [4.78, 5) is 0. The second-order valence-electron chi connectivity index (χ2n) is 3.16. The maximum atomic E-state index is 3.29. The summed E-state index contributed by atoms with van der Waals surface area (Å²) in [6, 6.07) is 10.8. The molecule has 1 aromatic carbocycles. The summed E-state index contributed by atoms with van der Waals surface area (Å²) in [6.45, 7) is 2.15. The number of benzene rings is 1. The van der Waals surface area contributed by atoms with E-state index in [9.17, 15) is 0 Å². The Balaban J connectivity index is 2.59. The van der Waals surface area contributed by atoms with E-state index in [-0.39, 0.29) is 0 Å². The molecule has 0 unspecified atom stereocenters. The number of nitrogens with zero attached hydrogens (tertiary/aromatic N) is 1. The normalized spacial score (nSPS) is 13.3. The van der Waals surface area contributed by atoms with E-state index in [1.54, 1.807) is 0 Å². The van der Waals surface area contributed by atoms with Crippen molar-refractivity contribution in [2.24, 2.45) is 0 Å². The average Bonchev–Trinajstić information content (AvgIpc) is 2.05. The molecule has 2 heteroatoms. The van der Waals surface area contributed by atoms with Crippen LogP contribution in [-0.4, -0.2) is 19.1 Å². The predicted octanol–water partition coefficient (Wildman–Crippen LogP) is 1.81. The fraction of sp³-hybridized carbons (Fsp3) is 0.400. The van der Waals surface area contributed by atoms with Gasteiger partial charge in [0.25, 0.3) is 0 Å². The fourth-order valence-electron chi connectivity index (χ4n) is 1.20. The molecule has 0 bridgehead atoms. The first kappa shape index (κ1) is 9.23. The van der Waals surface area contributed by atoms with Crippen LogP contribution in [-0.2, 0) is 0 Å². The van der Waals surface area contributed by atoms with Crippen LogP contribution < -0.4 is 5.43 Å². The first-order valence-electron chi connectivity index (χ1n) is 4.18. The molecule has 66 valence electrons. The molecule has 0 fully saturated rings. The van der Waals surface area contributed by atoms with Crippen molar-refractivity contribution in [3.63, 3.8) is 0 Å². The molecule has 0 aliphatic rings. The SMILES string of the molecule is C[C@H](NN(C)C)c1ccccc1. The van der Waals surface area contributed by atoms with Gasteiger partial charge in [-0.2, -0.15) is 0 Å². The van der Waals surface area contributed by atoms with Gasteiger partial charge in [-0.15, -0.1) is 0 Å². The minimum atomic E-state index is 0.376. The topological polar surface area (TPSA) is 15.3 Å². The third-order valence-corrected chi connectivity index (χ3v) is 1.75. The third-order valence-electron chi connectivity index (χ3n) is 1.75. The average molecular weight is 164 g/mol. The first-order valence-corrected chi connectivity index (χ1v) is 4.18. The van der Waals surface area contributed by atoms with Gasteiger partial charge in [0.2, 0.25) is 0 Å². The van der Waals surface area contributed by atoms with E-state index in [1.807, 2.05) is 25.2 Å². The summed E-state index contributed by atoms with van der Waals surface area (Å²) in [5, 5.41) is 1.97. The van der Waals surface area contributed by atoms with Gasteiger partial charge in [0.1, 0.15) is 0 Å². The molecule has 2 nitrogen and oxygen atoms in total. The minimum absolute atomic E-state index is 0.376. The zero-order valence-electron chi connectivity index (χ0n) is 7.91. The molecular formula is C10H16N2. The number of hydrogen-bond acceptors (Lipinski definition) is 2. The van der Waals surface area contributed by atoms with E-state index in [1.165, 1.54) is 5.56 Å². The van der Waals surface area contributed by atoms with Crippen LogP contribution in [0, 0.1) is 0 Å². The molecule has 1 rings (SSSR count). The molecule has 0 aliphatic carbocycles. The van der Waals surface area contributed by atoms with E-state index < -0.39 is 0 Å². The van der Waals surface area contributed by atoms with E-state index in [0.717, 1.165) is 0 Å². The molecule has 1 aromatic rings. The van der Waals surface area contributed by atoms with Gasteiger partial charge in [-0.05, 0) is 12.5 Å². The Labute approximate surface area is 74.2 Å². The van der Waals surface area contributed by atoms with Crippen LogP contribution >= 0.6 is 0 Å². The summed E-state index contributed by atoms with van der Waals surface area (Å²) < 4.78 is 0. The lowest BCUT2D eigenvalue weighted by atomic mass is 10.1. The number of rotatable bonds is 3. The van der Waals surface area contributed by atoms with Crippen LogP contribution in [0.3, 0.4) is 0 Å². The maximum Gasteiger partial charge on any atom is 0.0436 e. The fourth-order valence-corrected chi connectivity index (χ4v) is 1.20. The Hall–Kier alpha value is -0.860. The van der Waals surface area contributed by atoms with E-state index >= 15 is 0 Å². The standard InChI is InChI=1S/C10H16N2/c1-9(11-12(2)3)10-7-5-4-6-8-10/h4-9,11H,1-3H3/t9-/m0/s1. The van der Waals surface area contributed by atoms with Gasteiger partial charge in [0, 0.05) is 20.1 Å². The van der Waals surface area contributed by atoms with Gasteiger partial charge in [0.05, 0.1) is 0 Å². The van der Waals surface area contributed by atoms with Crippen LogP contribution in [0.15, 0.2) is 30.3 Å². The molecule has 0 spiro atoms. The van der Waals surface area contributed by atoms with Crippen molar-refractivity contribution in [1.29, 1.82) is 0 Å². The molecule has 0 saturated carbocycles. The van der Waals surface area contributed by atoms with Crippen LogP contribution in [0.4, 0.5) is 0 Å². The molecule has 0 saturated heterocycles. The van der Waals surface area contributed by atoms with E-state index in [0.29, 0.717) is 6.04 Å². The quantitative estimate of drug-likeness (QED) is 0.685.